The maximum absolute atomic E-state index is 13.0. The van der Waals surface area contributed by atoms with E-state index in [9.17, 15) is 9.18 Å². The molecule has 20 heavy (non-hydrogen) atoms. The molecule has 1 amide bonds. The Balaban J connectivity index is 0.00000147. The number of carbonyl (C=O) groups excluding carboxylic acids is 1. The van der Waals surface area contributed by atoms with E-state index in [1.165, 1.54) is 11.3 Å². The second-order valence-electron chi connectivity index (χ2n) is 4.68. The quantitative estimate of drug-likeness (QED) is 0.912. The van der Waals surface area contributed by atoms with Crippen molar-refractivity contribution < 1.29 is 9.18 Å². The monoisotopic (exact) mass is 315 g/mol. The van der Waals surface area contributed by atoms with Gasteiger partial charge in [-0.1, -0.05) is 0 Å². The van der Waals surface area contributed by atoms with Crippen LogP contribution < -0.4 is 10.6 Å². The number of hydrogen-bond acceptors (Lipinski definition) is 4. The van der Waals surface area contributed by atoms with Crippen LogP contribution in [0.15, 0.2) is 23.7 Å². The lowest BCUT2D eigenvalue weighted by molar-refractivity contribution is 0.0950. The number of alkyl halides is 1. The van der Waals surface area contributed by atoms with Crippen molar-refractivity contribution >= 4 is 39.9 Å². The second kappa shape index (κ2) is 6.47. The van der Waals surface area contributed by atoms with Crippen molar-refractivity contribution in [3.63, 3.8) is 0 Å². The summed E-state index contributed by atoms with van der Waals surface area (Å²) in [4.78, 5) is 16.2. The van der Waals surface area contributed by atoms with E-state index >= 15 is 0 Å². The molecular weight excluding hydrogens is 301 g/mol. The number of nitrogens with zero attached hydrogens (tertiary/aromatic N) is 1. The predicted molar refractivity (Wildman–Crippen MR) is 80.5 cm³/mol. The summed E-state index contributed by atoms with van der Waals surface area (Å²) in [6.45, 7) is 0.841. The number of hydrogen-bond donors (Lipinski definition) is 2. The maximum atomic E-state index is 13.0. The summed E-state index contributed by atoms with van der Waals surface area (Å²) in [5, 5.41) is 5.88. The van der Waals surface area contributed by atoms with Crippen LogP contribution in [0.4, 0.5) is 4.39 Å². The van der Waals surface area contributed by atoms with E-state index in [-0.39, 0.29) is 24.4 Å². The number of rotatable bonds is 3. The van der Waals surface area contributed by atoms with Gasteiger partial charge in [0.05, 0.1) is 15.7 Å². The fourth-order valence-electron chi connectivity index (χ4n) is 2.24. The summed E-state index contributed by atoms with van der Waals surface area (Å²) in [5.74, 6) is -0.126. The third-order valence-electron chi connectivity index (χ3n) is 3.27. The average Bonchev–Trinajstić information content (AvgIpc) is 3.03. The summed E-state index contributed by atoms with van der Waals surface area (Å²) >= 11 is 1.51. The molecule has 0 spiro atoms. The summed E-state index contributed by atoms with van der Waals surface area (Å²) in [7, 11) is 0. The molecule has 108 valence electrons. The Hall–Kier alpha value is -1.24. The van der Waals surface area contributed by atoms with Gasteiger partial charge in [0.25, 0.3) is 5.91 Å². The Labute approximate surface area is 126 Å². The molecule has 1 saturated heterocycles. The van der Waals surface area contributed by atoms with E-state index in [0.29, 0.717) is 25.1 Å². The SMILES string of the molecule is Cl.O=C(NC[C@@H]1C[C@H](F)CN1)c1ccc2ncsc2c1. The molecule has 1 aromatic carbocycles. The average molecular weight is 316 g/mol. The Morgan fingerprint density at radius 2 is 2.40 bits per heavy atom. The van der Waals surface area contributed by atoms with Crippen LogP contribution in [0.25, 0.3) is 10.2 Å². The molecule has 0 aliphatic carbocycles. The Morgan fingerprint density at radius 1 is 1.55 bits per heavy atom. The van der Waals surface area contributed by atoms with Crippen molar-refractivity contribution in [3.8, 4) is 0 Å². The number of aromatic nitrogens is 1. The lowest BCUT2D eigenvalue weighted by Crippen LogP contribution is -2.37. The minimum absolute atomic E-state index is 0. The number of halogens is 2. The first-order chi connectivity index (χ1) is 9.22. The first-order valence-corrected chi connectivity index (χ1v) is 7.09. The van der Waals surface area contributed by atoms with Crippen LogP contribution in [-0.2, 0) is 0 Å². The molecule has 0 radical (unpaired) electrons. The molecule has 0 bridgehead atoms. The van der Waals surface area contributed by atoms with Gasteiger partial charge in [0.2, 0.25) is 0 Å². The van der Waals surface area contributed by atoms with E-state index in [2.05, 4.69) is 15.6 Å². The summed E-state index contributed by atoms with van der Waals surface area (Å²) in [6.07, 6.45) is -0.329. The standard InChI is InChI=1S/C13H14FN3OS.ClH/c14-9-4-10(15-5-9)6-16-13(18)8-1-2-11-12(3-8)19-7-17-11;/h1-3,7,9-10,15H,4-6H2,(H,16,18);1H/t9-,10-;/m0./s1. The molecule has 2 aromatic rings. The summed E-state index contributed by atoms with van der Waals surface area (Å²) in [5.41, 5.74) is 3.28. The van der Waals surface area contributed by atoms with Gasteiger partial charge in [0.15, 0.2) is 0 Å². The molecule has 1 aliphatic heterocycles. The van der Waals surface area contributed by atoms with Crippen molar-refractivity contribution in [2.24, 2.45) is 0 Å². The highest BCUT2D eigenvalue weighted by molar-refractivity contribution is 7.16. The fourth-order valence-corrected chi connectivity index (χ4v) is 2.96. The number of benzene rings is 1. The Kier molecular flexibility index (Phi) is 4.91. The van der Waals surface area contributed by atoms with Crippen LogP contribution in [0.5, 0.6) is 0 Å². The van der Waals surface area contributed by atoms with Gasteiger partial charge in [0.1, 0.15) is 6.17 Å². The van der Waals surface area contributed by atoms with Crippen molar-refractivity contribution in [1.29, 1.82) is 0 Å². The Morgan fingerprint density at radius 3 is 3.15 bits per heavy atom. The van der Waals surface area contributed by atoms with Crippen LogP contribution in [0.3, 0.4) is 0 Å². The van der Waals surface area contributed by atoms with E-state index in [1.807, 2.05) is 12.1 Å². The van der Waals surface area contributed by atoms with Gasteiger partial charge < -0.3 is 10.6 Å². The highest BCUT2D eigenvalue weighted by atomic mass is 35.5. The summed E-state index contributed by atoms with van der Waals surface area (Å²) < 4.78 is 14.0. The lowest BCUT2D eigenvalue weighted by atomic mass is 10.2. The molecule has 4 nitrogen and oxygen atoms in total. The first-order valence-electron chi connectivity index (χ1n) is 6.21. The van der Waals surface area contributed by atoms with Crippen molar-refractivity contribution in [1.82, 2.24) is 15.6 Å². The fraction of sp³-hybridized carbons (Fsp3) is 0.385. The summed E-state index contributed by atoms with van der Waals surface area (Å²) in [6, 6.07) is 5.47. The lowest BCUT2D eigenvalue weighted by Gasteiger charge is -2.11. The zero-order chi connectivity index (χ0) is 13.2. The molecule has 0 saturated carbocycles. The number of amides is 1. The highest BCUT2D eigenvalue weighted by Crippen LogP contribution is 2.19. The predicted octanol–water partition coefficient (Wildman–Crippen LogP) is 2.15. The zero-order valence-electron chi connectivity index (χ0n) is 10.6. The molecule has 3 rings (SSSR count). The van der Waals surface area contributed by atoms with Gasteiger partial charge in [0, 0.05) is 24.7 Å². The van der Waals surface area contributed by atoms with E-state index < -0.39 is 6.17 Å². The number of fused-ring (bicyclic) bond motifs is 1. The van der Waals surface area contributed by atoms with Gasteiger partial charge in [-0.05, 0) is 24.6 Å². The highest BCUT2D eigenvalue weighted by Gasteiger charge is 2.23. The maximum Gasteiger partial charge on any atom is 0.251 e. The zero-order valence-corrected chi connectivity index (χ0v) is 12.3. The van der Waals surface area contributed by atoms with E-state index in [4.69, 9.17) is 0 Å². The van der Waals surface area contributed by atoms with E-state index in [1.54, 1.807) is 11.6 Å². The molecule has 0 unspecified atom stereocenters. The molecule has 1 aromatic heterocycles. The second-order valence-corrected chi connectivity index (χ2v) is 5.57. The topological polar surface area (TPSA) is 54.0 Å². The molecule has 1 fully saturated rings. The van der Waals surface area contributed by atoms with Gasteiger partial charge in [-0.25, -0.2) is 9.37 Å². The number of nitrogens with one attached hydrogen (secondary N) is 2. The molecule has 7 heteroatoms. The van der Waals surface area contributed by atoms with Crippen molar-refractivity contribution in [2.75, 3.05) is 13.1 Å². The van der Waals surface area contributed by atoms with Crippen LogP contribution in [0.1, 0.15) is 16.8 Å². The van der Waals surface area contributed by atoms with Gasteiger partial charge >= 0.3 is 0 Å². The molecule has 2 N–H and O–H groups in total. The smallest absolute Gasteiger partial charge is 0.251 e. The Bertz CT molecular complexity index is 606. The van der Waals surface area contributed by atoms with E-state index in [0.717, 1.165) is 10.2 Å². The number of carbonyl (C=O) groups is 1. The molecule has 1 aliphatic rings. The minimum atomic E-state index is -0.796. The van der Waals surface area contributed by atoms with Crippen molar-refractivity contribution in [2.45, 2.75) is 18.6 Å². The van der Waals surface area contributed by atoms with Crippen LogP contribution in [-0.4, -0.2) is 36.2 Å². The van der Waals surface area contributed by atoms with Gasteiger partial charge in [-0.2, -0.15) is 0 Å². The number of thiazole rings is 1. The van der Waals surface area contributed by atoms with Crippen molar-refractivity contribution in [3.05, 3.63) is 29.3 Å². The van der Waals surface area contributed by atoms with Crippen LogP contribution >= 0.6 is 23.7 Å². The normalized spacial score (nSPS) is 21.6. The van der Waals surface area contributed by atoms with Crippen LogP contribution in [0, 0.1) is 0 Å². The minimum Gasteiger partial charge on any atom is -0.350 e. The van der Waals surface area contributed by atoms with Gasteiger partial charge in [-0.3, -0.25) is 4.79 Å². The molecule has 2 atom stereocenters. The first kappa shape index (κ1) is 15.2. The van der Waals surface area contributed by atoms with Gasteiger partial charge in [-0.15, -0.1) is 23.7 Å². The molecule has 2 heterocycles. The van der Waals surface area contributed by atoms with Crippen LogP contribution in [0.2, 0.25) is 0 Å². The third-order valence-corrected chi connectivity index (χ3v) is 4.06. The third kappa shape index (κ3) is 3.26. The molecular formula is C13H15ClFN3OS. The largest absolute Gasteiger partial charge is 0.350 e.